The van der Waals surface area contributed by atoms with Crippen LogP contribution in [0.2, 0.25) is 0 Å². The maximum atomic E-state index is 11.6. The lowest BCUT2D eigenvalue weighted by Gasteiger charge is -2.00. The predicted octanol–water partition coefficient (Wildman–Crippen LogP) is 2.53. The van der Waals surface area contributed by atoms with Crippen molar-refractivity contribution in [2.24, 2.45) is 0 Å². The van der Waals surface area contributed by atoms with Crippen LogP contribution in [-0.4, -0.2) is 25.2 Å². The molecule has 0 spiro atoms. The molecule has 0 aliphatic rings. The number of aromatic amines is 1. The van der Waals surface area contributed by atoms with E-state index in [-0.39, 0.29) is 5.97 Å². The molecule has 17 heavy (non-hydrogen) atoms. The van der Waals surface area contributed by atoms with Gasteiger partial charge in [-0.05, 0) is 24.1 Å². The second-order valence-electron chi connectivity index (χ2n) is 3.74. The number of H-pyrrole nitrogens is 1. The lowest BCUT2D eigenvalue weighted by atomic mass is 10.1. The minimum Gasteiger partial charge on any atom is -0.497 e. The van der Waals surface area contributed by atoms with Crippen LogP contribution < -0.4 is 4.74 Å². The first-order valence-corrected chi connectivity index (χ1v) is 5.48. The number of ether oxygens (including phenoxy) is 2. The molecule has 0 atom stereocenters. The van der Waals surface area contributed by atoms with Crippen molar-refractivity contribution in [2.75, 3.05) is 14.2 Å². The van der Waals surface area contributed by atoms with Gasteiger partial charge < -0.3 is 14.5 Å². The number of benzene rings is 1. The highest BCUT2D eigenvalue weighted by molar-refractivity contribution is 5.98. The summed E-state index contributed by atoms with van der Waals surface area (Å²) in [6.07, 6.45) is 0.775. The summed E-state index contributed by atoms with van der Waals surface area (Å²) in [5.74, 6) is 0.426. The predicted molar refractivity (Wildman–Crippen MR) is 65.6 cm³/mol. The van der Waals surface area contributed by atoms with E-state index in [2.05, 4.69) is 4.98 Å². The fourth-order valence-electron chi connectivity index (χ4n) is 2.01. The maximum Gasteiger partial charge on any atom is 0.354 e. The Morgan fingerprint density at radius 2 is 2.12 bits per heavy atom. The van der Waals surface area contributed by atoms with Crippen molar-refractivity contribution < 1.29 is 14.3 Å². The lowest BCUT2D eigenvalue weighted by molar-refractivity contribution is 0.0594. The maximum absolute atomic E-state index is 11.6. The van der Waals surface area contributed by atoms with E-state index in [1.165, 1.54) is 7.11 Å². The number of fused-ring (bicyclic) bond motifs is 1. The molecule has 2 rings (SSSR count). The van der Waals surface area contributed by atoms with Gasteiger partial charge in [0, 0.05) is 11.5 Å². The molecule has 0 unspecified atom stereocenters. The van der Waals surface area contributed by atoms with Crippen LogP contribution in [0.15, 0.2) is 18.2 Å². The number of aryl methyl sites for hydroxylation is 1. The van der Waals surface area contributed by atoms with Gasteiger partial charge in [-0.2, -0.15) is 0 Å². The SMILES string of the molecule is CCc1c(C(=O)OC)[nH]c2cc(OC)ccc12. The fourth-order valence-corrected chi connectivity index (χ4v) is 2.01. The summed E-state index contributed by atoms with van der Waals surface area (Å²) in [5, 5.41) is 1.04. The number of carbonyl (C=O) groups excluding carboxylic acids is 1. The highest BCUT2D eigenvalue weighted by Gasteiger charge is 2.16. The van der Waals surface area contributed by atoms with Crippen LogP contribution in [0, 0.1) is 0 Å². The van der Waals surface area contributed by atoms with Crippen LogP contribution in [0.4, 0.5) is 0 Å². The molecule has 0 saturated carbocycles. The number of methoxy groups -OCH3 is 2. The Bertz CT molecular complexity index is 557. The molecule has 0 amide bonds. The minimum atomic E-state index is -0.336. The van der Waals surface area contributed by atoms with E-state index in [1.54, 1.807) is 7.11 Å². The summed E-state index contributed by atoms with van der Waals surface area (Å²) in [4.78, 5) is 14.7. The Morgan fingerprint density at radius 1 is 1.35 bits per heavy atom. The average molecular weight is 233 g/mol. The molecule has 2 aromatic rings. The fraction of sp³-hybridized carbons (Fsp3) is 0.308. The van der Waals surface area contributed by atoms with Gasteiger partial charge >= 0.3 is 5.97 Å². The minimum absolute atomic E-state index is 0.336. The van der Waals surface area contributed by atoms with E-state index in [0.717, 1.165) is 28.6 Å². The van der Waals surface area contributed by atoms with Crippen molar-refractivity contribution >= 4 is 16.9 Å². The molecule has 0 fully saturated rings. The Labute approximate surface area is 99.5 Å². The first kappa shape index (κ1) is 11.5. The van der Waals surface area contributed by atoms with E-state index < -0.39 is 0 Å². The number of hydrogen-bond acceptors (Lipinski definition) is 3. The van der Waals surface area contributed by atoms with Gasteiger partial charge in [0.1, 0.15) is 11.4 Å². The molecule has 0 aliphatic carbocycles. The molecular formula is C13H15NO3. The largest absolute Gasteiger partial charge is 0.497 e. The molecule has 0 aliphatic heterocycles. The van der Waals surface area contributed by atoms with E-state index in [4.69, 9.17) is 9.47 Å². The third-order valence-electron chi connectivity index (χ3n) is 2.86. The van der Waals surface area contributed by atoms with Gasteiger partial charge in [-0.1, -0.05) is 6.92 Å². The zero-order valence-electron chi connectivity index (χ0n) is 10.2. The quantitative estimate of drug-likeness (QED) is 0.829. The molecule has 1 aromatic carbocycles. The highest BCUT2D eigenvalue weighted by Crippen LogP contribution is 2.27. The third-order valence-corrected chi connectivity index (χ3v) is 2.86. The number of rotatable bonds is 3. The zero-order valence-corrected chi connectivity index (χ0v) is 10.2. The van der Waals surface area contributed by atoms with Crippen molar-refractivity contribution in [3.63, 3.8) is 0 Å². The van der Waals surface area contributed by atoms with Crippen molar-refractivity contribution in [3.8, 4) is 5.75 Å². The van der Waals surface area contributed by atoms with Gasteiger partial charge in [0.15, 0.2) is 0 Å². The summed E-state index contributed by atoms with van der Waals surface area (Å²) in [5.41, 5.74) is 2.40. The topological polar surface area (TPSA) is 51.3 Å². The molecule has 0 bridgehead atoms. The summed E-state index contributed by atoms with van der Waals surface area (Å²) in [6.45, 7) is 2.01. The van der Waals surface area contributed by atoms with Crippen LogP contribution in [-0.2, 0) is 11.2 Å². The number of esters is 1. The highest BCUT2D eigenvalue weighted by atomic mass is 16.5. The number of aromatic nitrogens is 1. The summed E-state index contributed by atoms with van der Waals surface area (Å²) in [6, 6.07) is 5.72. The zero-order chi connectivity index (χ0) is 12.4. The molecule has 1 heterocycles. The molecule has 1 aromatic heterocycles. The van der Waals surface area contributed by atoms with E-state index in [9.17, 15) is 4.79 Å². The van der Waals surface area contributed by atoms with Crippen LogP contribution in [0.5, 0.6) is 5.75 Å². The average Bonchev–Trinajstić information content (AvgIpc) is 2.74. The third kappa shape index (κ3) is 1.86. The standard InChI is InChI=1S/C13H15NO3/c1-4-9-10-6-5-8(16-2)7-11(10)14-12(9)13(15)17-3/h5-7,14H,4H2,1-3H3. The van der Waals surface area contributed by atoms with Crippen molar-refractivity contribution in [1.82, 2.24) is 4.98 Å². The lowest BCUT2D eigenvalue weighted by Crippen LogP contribution is -2.04. The molecule has 4 nitrogen and oxygen atoms in total. The molecule has 1 N–H and O–H groups in total. The van der Waals surface area contributed by atoms with Gasteiger partial charge in [0.25, 0.3) is 0 Å². The van der Waals surface area contributed by atoms with Crippen molar-refractivity contribution in [2.45, 2.75) is 13.3 Å². The summed E-state index contributed by atoms with van der Waals surface area (Å²) in [7, 11) is 3.00. The van der Waals surface area contributed by atoms with Crippen LogP contribution in [0.1, 0.15) is 23.0 Å². The van der Waals surface area contributed by atoms with Crippen molar-refractivity contribution in [1.29, 1.82) is 0 Å². The molecule has 0 saturated heterocycles. The number of nitrogens with one attached hydrogen (secondary N) is 1. The smallest absolute Gasteiger partial charge is 0.354 e. The van der Waals surface area contributed by atoms with Crippen LogP contribution in [0.25, 0.3) is 10.9 Å². The van der Waals surface area contributed by atoms with Gasteiger partial charge in [-0.3, -0.25) is 0 Å². The normalized spacial score (nSPS) is 10.5. The van der Waals surface area contributed by atoms with Gasteiger partial charge in [-0.25, -0.2) is 4.79 Å². The Kier molecular flexibility index (Phi) is 3.04. The first-order valence-electron chi connectivity index (χ1n) is 5.48. The molecule has 0 radical (unpaired) electrons. The van der Waals surface area contributed by atoms with E-state index >= 15 is 0 Å². The number of carbonyl (C=O) groups is 1. The van der Waals surface area contributed by atoms with Crippen molar-refractivity contribution in [3.05, 3.63) is 29.5 Å². The summed E-state index contributed by atoms with van der Waals surface area (Å²) < 4.78 is 9.92. The second kappa shape index (κ2) is 4.49. The Hall–Kier alpha value is -1.97. The Morgan fingerprint density at radius 3 is 2.71 bits per heavy atom. The van der Waals surface area contributed by atoms with Gasteiger partial charge in [0.05, 0.1) is 19.7 Å². The van der Waals surface area contributed by atoms with Gasteiger partial charge in [0.2, 0.25) is 0 Å². The monoisotopic (exact) mass is 233 g/mol. The molecular weight excluding hydrogens is 218 g/mol. The Balaban J connectivity index is 2.65. The van der Waals surface area contributed by atoms with E-state index in [1.807, 2.05) is 25.1 Å². The first-order chi connectivity index (χ1) is 8.21. The van der Waals surface area contributed by atoms with E-state index in [0.29, 0.717) is 5.69 Å². The summed E-state index contributed by atoms with van der Waals surface area (Å²) >= 11 is 0. The van der Waals surface area contributed by atoms with Crippen LogP contribution >= 0.6 is 0 Å². The number of hydrogen-bond donors (Lipinski definition) is 1. The molecule has 4 heteroatoms. The molecule has 90 valence electrons. The van der Waals surface area contributed by atoms with Gasteiger partial charge in [-0.15, -0.1) is 0 Å². The van der Waals surface area contributed by atoms with Crippen LogP contribution in [0.3, 0.4) is 0 Å². The second-order valence-corrected chi connectivity index (χ2v) is 3.74.